The lowest BCUT2D eigenvalue weighted by Gasteiger charge is -2.28. The van der Waals surface area contributed by atoms with Crippen LogP contribution in [-0.4, -0.2) is 23.1 Å². The van der Waals surface area contributed by atoms with E-state index in [-0.39, 0.29) is 0 Å². The Balaban J connectivity index is 3.14. The van der Waals surface area contributed by atoms with Gasteiger partial charge in [0.1, 0.15) is 0 Å². The molecule has 0 heterocycles. The fraction of sp³-hybridized carbons (Fsp3) is 1.00. The van der Waals surface area contributed by atoms with E-state index >= 15 is 0 Å². The van der Waals surface area contributed by atoms with Gasteiger partial charge in [0.25, 0.3) is 0 Å². The monoisotopic (exact) mass is 105 g/mol. The lowest BCUT2D eigenvalue weighted by Crippen LogP contribution is -2.35. The van der Waals surface area contributed by atoms with Crippen LogP contribution >= 0.6 is 0 Å². The van der Waals surface area contributed by atoms with Gasteiger partial charge >= 0.3 is 0 Å². The molecule has 0 aliphatic carbocycles. The van der Waals surface area contributed by atoms with Crippen molar-refractivity contribution < 1.29 is 5.11 Å². The van der Waals surface area contributed by atoms with Gasteiger partial charge in [-0.2, -0.15) is 0 Å². The summed E-state index contributed by atoms with van der Waals surface area (Å²) in [5.74, 6) is 0. The highest BCUT2D eigenvalue weighted by molar-refractivity contribution is 4.53. The number of nitrogens with zero attached hydrogens (tertiary/aromatic N) is 1. The van der Waals surface area contributed by atoms with Crippen molar-refractivity contribution in [2.75, 3.05) is 6.73 Å². The molecule has 44 valence electrons. The highest BCUT2D eigenvalue weighted by Gasteiger charge is 1.90. The first kappa shape index (κ1) is 6.84. The van der Waals surface area contributed by atoms with Crippen molar-refractivity contribution in [3.63, 3.8) is 0 Å². The molecule has 0 spiro atoms. The molecule has 4 heteroatoms. The molecule has 0 aliphatic rings. The topological polar surface area (TPSA) is 72.5 Å². The van der Waals surface area contributed by atoms with Crippen LogP contribution in [0.2, 0.25) is 0 Å². The third-order valence-electron chi connectivity index (χ3n) is 0.594. The second-order valence-corrected chi connectivity index (χ2v) is 1.30. The van der Waals surface area contributed by atoms with E-state index in [1.165, 1.54) is 6.92 Å². The minimum Gasteiger partial charge on any atom is -0.782 e. The smallest absolute Gasteiger partial charge is 0.0854 e. The molecule has 0 saturated heterocycles. The Morgan fingerprint density at radius 1 is 2.00 bits per heavy atom. The fourth-order valence-corrected chi connectivity index (χ4v) is 0.129. The zero-order valence-electron chi connectivity index (χ0n) is 4.16. The molecule has 0 aromatic heterocycles. The van der Waals surface area contributed by atoms with Gasteiger partial charge in [-0.3, -0.25) is 0 Å². The predicted molar refractivity (Wildman–Crippen MR) is 25.9 cm³/mol. The molecule has 1 atom stereocenters. The standard InChI is InChI=1S/C3H9N2O2/c1-3(4)5(7)2-6/h3,6H,2,4H2,1H3/q-1/t3-/m1/s1. The number of aliphatic hydroxyl groups excluding tert-OH is 1. The predicted octanol–water partition coefficient (Wildman–Crippen LogP) is -0.959. The van der Waals surface area contributed by atoms with Crippen molar-refractivity contribution in [1.82, 2.24) is 5.06 Å². The van der Waals surface area contributed by atoms with E-state index in [9.17, 15) is 5.21 Å². The van der Waals surface area contributed by atoms with Crippen LogP contribution in [-0.2, 0) is 0 Å². The molecular weight excluding hydrogens is 96.0 g/mol. The maximum atomic E-state index is 10.1. The van der Waals surface area contributed by atoms with Gasteiger partial charge in [-0.15, -0.1) is 0 Å². The Kier molecular flexibility index (Phi) is 2.86. The molecule has 0 bridgehead atoms. The molecule has 0 rings (SSSR count). The van der Waals surface area contributed by atoms with E-state index in [4.69, 9.17) is 10.8 Å². The zero-order chi connectivity index (χ0) is 5.86. The summed E-state index contributed by atoms with van der Waals surface area (Å²) in [6.45, 7) is 0.973. The van der Waals surface area contributed by atoms with E-state index in [1.54, 1.807) is 0 Å². The Bertz CT molecular complexity index is 48.2. The molecule has 7 heavy (non-hydrogen) atoms. The van der Waals surface area contributed by atoms with E-state index in [2.05, 4.69) is 0 Å². The lowest BCUT2D eigenvalue weighted by molar-refractivity contribution is 0.123. The van der Waals surface area contributed by atoms with Crippen LogP contribution in [0.1, 0.15) is 6.92 Å². The number of aliphatic hydroxyl groups is 1. The van der Waals surface area contributed by atoms with Gasteiger partial charge in [0.15, 0.2) is 0 Å². The first-order valence-electron chi connectivity index (χ1n) is 1.98. The number of nitrogens with two attached hydrogens (primary N) is 1. The second-order valence-electron chi connectivity index (χ2n) is 1.30. The van der Waals surface area contributed by atoms with Gasteiger partial charge in [0, 0.05) is 6.17 Å². The minimum atomic E-state index is -0.606. The molecule has 0 saturated carbocycles. The second kappa shape index (κ2) is 2.92. The van der Waals surface area contributed by atoms with Crippen LogP contribution < -0.4 is 5.73 Å². The van der Waals surface area contributed by atoms with Crippen LogP contribution in [0.5, 0.6) is 0 Å². The average molecular weight is 105 g/mol. The van der Waals surface area contributed by atoms with Gasteiger partial charge in [0.05, 0.1) is 6.73 Å². The molecule has 0 fully saturated rings. The van der Waals surface area contributed by atoms with Crippen LogP contribution in [0.4, 0.5) is 0 Å². The molecule has 0 unspecified atom stereocenters. The van der Waals surface area contributed by atoms with E-state index < -0.39 is 12.9 Å². The Morgan fingerprint density at radius 2 is 2.43 bits per heavy atom. The molecule has 0 aliphatic heterocycles. The zero-order valence-corrected chi connectivity index (χ0v) is 4.16. The van der Waals surface area contributed by atoms with Gasteiger partial charge in [-0.05, 0) is 6.92 Å². The quantitative estimate of drug-likeness (QED) is 0.350. The van der Waals surface area contributed by atoms with E-state index in [0.717, 1.165) is 0 Å². The maximum Gasteiger partial charge on any atom is 0.0854 e. The van der Waals surface area contributed by atoms with Crippen molar-refractivity contribution in [2.24, 2.45) is 5.73 Å². The highest BCUT2D eigenvalue weighted by Crippen LogP contribution is 1.82. The first-order valence-corrected chi connectivity index (χ1v) is 1.98. The Labute approximate surface area is 42.1 Å². The molecule has 0 aromatic carbocycles. The summed E-state index contributed by atoms with van der Waals surface area (Å²) in [6, 6.07) is 0. The van der Waals surface area contributed by atoms with Crippen LogP contribution in [0, 0.1) is 5.21 Å². The largest absolute Gasteiger partial charge is 0.782 e. The van der Waals surface area contributed by atoms with Crippen molar-refractivity contribution in [2.45, 2.75) is 13.1 Å². The van der Waals surface area contributed by atoms with Crippen molar-refractivity contribution >= 4 is 0 Å². The maximum absolute atomic E-state index is 10.1. The summed E-state index contributed by atoms with van der Waals surface area (Å²) in [7, 11) is 0. The van der Waals surface area contributed by atoms with Gasteiger partial charge < -0.3 is 21.1 Å². The third-order valence-corrected chi connectivity index (χ3v) is 0.594. The molecule has 0 aromatic rings. The Hall–Kier alpha value is -0.160. The summed E-state index contributed by atoms with van der Waals surface area (Å²) in [6.07, 6.45) is -0.606. The van der Waals surface area contributed by atoms with E-state index in [1.807, 2.05) is 0 Å². The number of hydrogen-bond acceptors (Lipinski definition) is 4. The third kappa shape index (κ3) is 2.52. The fourth-order valence-electron chi connectivity index (χ4n) is 0.129. The first-order chi connectivity index (χ1) is 3.18. The van der Waals surface area contributed by atoms with E-state index in [0.29, 0.717) is 5.06 Å². The Morgan fingerprint density at radius 3 is 2.43 bits per heavy atom. The average Bonchev–Trinajstić information content (AvgIpc) is 1.65. The summed E-state index contributed by atoms with van der Waals surface area (Å²) in [4.78, 5) is 0. The molecule has 0 amide bonds. The molecular formula is C3H9N2O2-. The van der Waals surface area contributed by atoms with Crippen molar-refractivity contribution in [3.05, 3.63) is 5.21 Å². The molecule has 0 radical (unpaired) electrons. The summed E-state index contributed by atoms with van der Waals surface area (Å²) < 4.78 is 0. The van der Waals surface area contributed by atoms with Gasteiger partial charge in [-0.1, -0.05) is 0 Å². The molecule has 3 N–H and O–H groups in total. The van der Waals surface area contributed by atoms with Crippen molar-refractivity contribution in [3.8, 4) is 0 Å². The van der Waals surface area contributed by atoms with Gasteiger partial charge in [-0.25, -0.2) is 0 Å². The van der Waals surface area contributed by atoms with Crippen LogP contribution in [0.3, 0.4) is 0 Å². The van der Waals surface area contributed by atoms with Crippen molar-refractivity contribution in [1.29, 1.82) is 0 Å². The van der Waals surface area contributed by atoms with Crippen LogP contribution in [0.15, 0.2) is 0 Å². The SMILES string of the molecule is C[C@H](N)N([O-])CO. The van der Waals surface area contributed by atoms with Gasteiger partial charge in [0.2, 0.25) is 0 Å². The summed E-state index contributed by atoms with van der Waals surface area (Å²) in [5.41, 5.74) is 5.00. The number of hydrogen-bond donors (Lipinski definition) is 2. The minimum absolute atomic E-state index is 0.375. The summed E-state index contributed by atoms with van der Waals surface area (Å²) >= 11 is 0. The highest BCUT2D eigenvalue weighted by atomic mass is 16.5. The number of hydroxylamine groups is 2. The normalized spacial score (nSPS) is 15.0. The lowest BCUT2D eigenvalue weighted by atomic mass is 10.6. The molecule has 4 nitrogen and oxygen atoms in total. The number of rotatable bonds is 2. The van der Waals surface area contributed by atoms with Crippen LogP contribution in [0.25, 0.3) is 0 Å². The summed E-state index contributed by atoms with van der Waals surface area (Å²) in [5, 5.41) is 18.5.